The van der Waals surface area contributed by atoms with Crippen molar-refractivity contribution in [3.63, 3.8) is 0 Å². The molecular formula is C21H26FN3O3. The molecule has 0 bridgehead atoms. The van der Waals surface area contributed by atoms with E-state index in [0.717, 1.165) is 23.7 Å². The lowest BCUT2D eigenvalue weighted by Gasteiger charge is -2.33. The van der Waals surface area contributed by atoms with Crippen LogP contribution in [-0.4, -0.2) is 66.5 Å². The standard InChI is InChI=1S/C21H26FN3O3/c1-28-9-8-25-13-15(10-20(25)26)21(27)24-6-4-14(5-7-24)18-12-23-19-11-16(22)2-3-17(18)19/h2-3,11-12,14-15,23H,4-10,13H2,1H3. The van der Waals surface area contributed by atoms with Gasteiger partial charge in [0.2, 0.25) is 11.8 Å². The van der Waals surface area contributed by atoms with Gasteiger partial charge in [0.1, 0.15) is 5.82 Å². The molecule has 28 heavy (non-hydrogen) atoms. The van der Waals surface area contributed by atoms with E-state index < -0.39 is 0 Å². The summed E-state index contributed by atoms with van der Waals surface area (Å²) in [5.41, 5.74) is 2.01. The Bertz CT molecular complexity index is 873. The van der Waals surface area contributed by atoms with E-state index in [1.165, 1.54) is 17.7 Å². The molecule has 2 saturated heterocycles. The predicted molar refractivity (Wildman–Crippen MR) is 103 cm³/mol. The van der Waals surface area contributed by atoms with E-state index >= 15 is 0 Å². The van der Waals surface area contributed by atoms with Crippen molar-refractivity contribution in [3.05, 3.63) is 35.8 Å². The summed E-state index contributed by atoms with van der Waals surface area (Å²) in [5, 5.41) is 1.06. The highest BCUT2D eigenvalue weighted by Gasteiger charge is 2.37. The number of halogens is 1. The number of carbonyl (C=O) groups excluding carboxylic acids is 2. The van der Waals surface area contributed by atoms with Gasteiger partial charge in [-0.2, -0.15) is 0 Å². The quantitative estimate of drug-likeness (QED) is 0.857. The Hall–Kier alpha value is -2.41. The molecule has 2 amide bonds. The van der Waals surface area contributed by atoms with Crippen molar-refractivity contribution in [2.24, 2.45) is 5.92 Å². The number of methoxy groups -OCH3 is 1. The molecular weight excluding hydrogens is 361 g/mol. The number of hydrogen-bond acceptors (Lipinski definition) is 3. The van der Waals surface area contributed by atoms with Crippen LogP contribution in [0.2, 0.25) is 0 Å². The Morgan fingerprint density at radius 3 is 2.86 bits per heavy atom. The van der Waals surface area contributed by atoms with Crippen LogP contribution in [0.5, 0.6) is 0 Å². The summed E-state index contributed by atoms with van der Waals surface area (Å²) in [4.78, 5) is 31.8. The first-order chi connectivity index (χ1) is 13.6. The highest BCUT2D eigenvalue weighted by atomic mass is 19.1. The van der Waals surface area contributed by atoms with Gasteiger partial charge in [-0.3, -0.25) is 9.59 Å². The number of amides is 2. The first-order valence-corrected chi connectivity index (χ1v) is 9.89. The van der Waals surface area contributed by atoms with E-state index in [2.05, 4.69) is 4.98 Å². The SMILES string of the molecule is COCCN1CC(C(=O)N2CCC(c3c[nH]c4cc(F)ccc34)CC2)CC1=O. The molecule has 150 valence electrons. The molecule has 1 aromatic heterocycles. The van der Waals surface area contributed by atoms with Crippen LogP contribution >= 0.6 is 0 Å². The van der Waals surface area contributed by atoms with Crippen LogP contribution in [0.3, 0.4) is 0 Å². The number of aromatic amines is 1. The molecule has 2 aromatic rings. The molecule has 1 unspecified atom stereocenters. The average Bonchev–Trinajstić information content (AvgIpc) is 3.29. The van der Waals surface area contributed by atoms with Crippen molar-refractivity contribution in [1.29, 1.82) is 0 Å². The number of fused-ring (bicyclic) bond motifs is 1. The number of aromatic nitrogens is 1. The van der Waals surface area contributed by atoms with Gasteiger partial charge in [-0.05, 0) is 42.5 Å². The van der Waals surface area contributed by atoms with E-state index in [1.807, 2.05) is 17.2 Å². The van der Waals surface area contributed by atoms with Crippen LogP contribution in [-0.2, 0) is 14.3 Å². The molecule has 0 saturated carbocycles. The number of rotatable bonds is 5. The molecule has 2 fully saturated rings. The summed E-state index contributed by atoms with van der Waals surface area (Å²) in [6, 6.07) is 4.83. The molecule has 2 aliphatic heterocycles. The fourth-order valence-electron chi connectivity index (χ4n) is 4.48. The van der Waals surface area contributed by atoms with Crippen molar-refractivity contribution in [2.75, 3.05) is 39.9 Å². The van der Waals surface area contributed by atoms with Gasteiger partial charge in [-0.1, -0.05) is 0 Å². The van der Waals surface area contributed by atoms with Crippen molar-refractivity contribution < 1.29 is 18.7 Å². The normalized spacial score (nSPS) is 21.1. The zero-order chi connectivity index (χ0) is 19.7. The summed E-state index contributed by atoms with van der Waals surface area (Å²) >= 11 is 0. The monoisotopic (exact) mass is 387 g/mol. The minimum Gasteiger partial charge on any atom is -0.383 e. The van der Waals surface area contributed by atoms with Crippen LogP contribution in [0.4, 0.5) is 4.39 Å². The van der Waals surface area contributed by atoms with Crippen LogP contribution in [0, 0.1) is 11.7 Å². The van der Waals surface area contributed by atoms with Crippen LogP contribution in [0.15, 0.2) is 24.4 Å². The fourth-order valence-corrected chi connectivity index (χ4v) is 4.48. The zero-order valence-corrected chi connectivity index (χ0v) is 16.1. The van der Waals surface area contributed by atoms with Gasteiger partial charge in [0.25, 0.3) is 0 Å². The molecule has 0 spiro atoms. The van der Waals surface area contributed by atoms with E-state index in [0.29, 0.717) is 45.1 Å². The lowest BCUT2D eigenvalue weighted by atomic mass is 9.88. The molecule has 0 radical (unpaired) electrons. The summed E-state index contributed by atoms with van der Waals surface area (Å²) in [7, 11) is 1.61. The predicted octanol–water partition coefficient (Wildman–Crippen LogP) is 2.51. The molecule has 1 aromatic carbocycles. The molecule has 1 atom stereocenters. The number of carbonyl (C=O) groups is 2. The van der Waals surface area contributed by atoms with Gasteiger partial charge in [-0.15, -0.1) is 0 Å². The fraction of sp³-hybridized carbons (Fsp3) is 0.524. The number of H-pyrrole nitrogens is 1. The first kappa shape index (κ1) is 18.9. The van der Waals surface area contributed by atoms with Gasteiger partial charge in [0.05, 0.1) is 12.5 Å². The summed E-state index contributed by atoms with van der Waals surface area (Å²) in [6.07, 6.45) is 4.03. The maximum absolute atomic E-state index is 13.4. The summed E-state index contributed by atoms with van der Waals surface area (Å²) in [5.74, 6) is -0.000335. The Morgan fingerprint density at radius 1 is 1.32 bits per heavy atom. The molecule has 1 N–H and O–H groups in total. The van der Waals surface area contributed by atoms with Gasteiger partial charge in [0, 0.05) is 56.8 Å². The molecule has 6 nitrogen and oxygen atoms in total. The van der Waals surface area contributed by atoms with Crippen LogP contribution < -0.4 is 0 Å². The molecule has 4 rings (SSSR count). The van der Waals surface area contributed by atoms with E-state index in [9.17, 15) is 14.0 Å². The summed E-state index contributed by atoms with van der Waals surface area (Å²) < 4.78 is 18.4. The maximum atomic E-state index is 13.4. The molecule has 7 heteroatoms. The van der Waals surface area contributed by atoms with Crippen molar-refractivity contribution in [2.45, 2.75) is 25.2 Å². The smallest absolute Gasteiger partial charge is 0.227 e. The Labute approximate surface area is 163 Å². The largest absolute Gasteiger partial charge is 0.383 e. The third-order valence-electron chi connectivity index (χ3n) is 6.05. The van der Waals surface area contributed by atoms with Gasteiger partial charge in [0.15, 0.2) is 0 Å². The Balaban J connectivity index is 1.36. The minimum atomic E-state index is -0.244. The lowest BCUT2D eigenvalue weighted by molar-refractivity contribution is -0.136. The number of benzene rings is 1. The number of likely N-dealkylation sites (tertiary alicyclic amines) is 2. The van der Waals surface area contributed by atoms with E-state index in [1.54, 1.807) is 12.0 Å². The average molecular weight is 387 g/mol. The number of nitrogens with one attached hydrogen (secondary N) is 1. The highest BCUT2D eigenvalue weighted by molar-refractivity contribution is 5.89. The second kappa shape index (κ2) is 7.91. The zero-order valence-electron chi connectivity index (χ0n) is 16.1. The van der Waals surface area contributed by atoms with Gasteiger partial charge in [-0.25, -0.2) is 4.39 Å². The van der Waals surface area contributed by atoms with Crippen LogP contribution in [0.25, 0.3) is 10.9 Å². The number of ether oxygens (including phenoxy) is 1. The van der Waals surface area contributed by atoms with E-state index in [4.69, 9.17) is 4.74 Å². The van der Waals surface area contributed by atoms with Crippen molar-refractivity contribution in [1.82, 2.24) is 14.8 Å². The molecule has 3 heterocycles. The van der Waals surface area contributed by atoms with Crippen molar-refractivity contribution >= 4 is 22.7 Å². The van der Waals surface area contributed by atoms with E-state index in [-0.39, 0.29) is 23.5 Å². The molecule has 2 aliphatic rings. The van der Waals surface area contributed by atoms with Gasteiger partial charge < -0.3 is 19.5 Å². The number of hydrogen-bond donors (Lipinski definition) is 1. The minimum absolute atomic E-state index is 0.0383. The third-order valence-corrected chi connectivity index (χ3v) is 6.05. The maximum Gasteiger partial charge on any atom is 0.227 e. The first-order valence-electron chi connectivity index (χ1n) is 9.89. The second-order valence-corrected chi connectivity index (χ2v) is 7.77. The van der Waals surface area contributed by atoms with Gasteiger partial charge >= 0.3 is 0 Å². The lowest BCUT2D eigenvalue weighted by Crippen LogP contribution is -2.42. The Morgan fingerprint density at radius 2 is 2.11 bits per heavy atom. The highest BCUT2D eigenvalue weighted by Crippen LogP contribution is 2.34. The number of nitrogens with zero attached hydrogens (tertiary/aromatic N) is 2. The number of piperidine rings is 1. The van der Waals surface area contributed by atoms with Crippen molar-refractivity contribution in [3.8, 4) is 0 Å². The Kier molecular flexibility index (Phi) is 5.35. The van der Waals surface area contributed by atoms with Crippen LogP contribution in [0.1, 0.15) is 30.7 Å². The summed E-state index contributed by atoms with van der Waals surface area (Å²) in [6.45, 7) is 2.92. The second-order valence-electron chi connectivity index (χ2n) is 7.77. The molecule has 0 aliphatic carbocycles. The third kappa shape index (κ3) is 3.63. The topological polar surface area (TPSA) is 65.6 Å².